The van der Waals surface area contributed by atoms with Crippen LogP contribution in [0.15, 0.2) is 57.4 Å². The summed E-state index contributed by atoms with van der Waals surface area (Å²) in [5.41, 5.74) is 2.08. The van der Waals surface area contributed by atoms with Gasteiger partial charge in [-0.15, -0.1) is 21.5 Å². The van der Waals surface area contributed by atoms with E-state index in [1.165, 1.54) is 0 Å². The van der Waals surface area contributed by atoms with E-state index in [-0.39, 0.29) is 0 Å². The molecule has 0 saturated carbocycles. The Morgan fingerprint density at radius 3 is 2.68 bits per heavy atom. The van der Waals surface area contributed by atoms with Crippen LogP contribution in [0.4, 0.5) is 0 Å². The highest BCUT2D eigenvalue weighted by molar-refractivity contribution is 7.98. The van der Waals surface area contributed by atoms with Crippen molar-refractivity contribution in [2.24, 2.45) is 0 Å². The Morgan fingerprint density at radius 1 is 1.08 bits per heavy atom. The molecule has 3 aromatic heterocycles. The molecule has 25 heavy (non-hydrogen) atoms. The molecule has 3 heterocycles. The molecule has 4 rings (SSSR count). The highest BCUT2D eigenvalue weighted by Crippen LogP contribution is 2.29. The van der Waals surface area contributed by atoms with E-state index in [0.29, 0.717) is 0 Å². The zero-order valence-electron chi connectivity index (χ0n) is 13.8. The third-order valence-electron chi connectivity index (χ3n) is 3.66. The predicted octanol–water partition coefficient (Wildman–Crippen LogP) is 4.89. The summed E-state index contributed by atoms with van der Waals surface area (Å²) in [6.07, 6.45) is 0. The van der Waals surface area contributed by atoms with Crippen molar-refractivity contribution in [3.8, 4) is 16.5 Å². The molecule has 0 bridgehead atoms. The summed E-state index contributed by atoms with van der Waals surface area (Å²) in [7, 11) is 0. The number of hydrogen-bond acceptors (Lipinski definition) is 6. The van der Waals surface area contributed by atoms with Gasteiger partial charge in [-0.25, -0.2) is 4.98 Å². The van der Waals surface area contributed by atoms with Crippen LogP contribution in [-0.2, 0) is 5.75 Å². The van der Waals surface area contributed by atoms with Crippen molar-refractivity contribution in [1.29, 1.82) is 0 Å². The standard InChI is InChI=1S/C18H16N4OS2/c1-12-8-9-16(23-12)17-19-14(10-24-17)11-25-18-21-20-13(2)22(18)15-6-4-3-5-7-15/h3-10H,11H2,1-2H3. The van der Waals surface area contributed by atoms with E-state index in [2.05, 4.69) is 37.3 Å². The van der Waals surface area contributed by atoms with Crippen molar-refractivity contribution < 1.29 is 4.42 Å². The van der Waals surface area contributed by atoms with Crippen LogP contribution in [0.25, 0.3) is 16.5 Å². The zero-order valence-corrected chi connectivity index (χ0v) is 15.5. The fourth-order valence-corrected chi connectivity index (χ4v) is 4.26. The normalized spacial score (nSPS) is 11.1. The molecule has 0 fully saturated rings. The minimum atomic E-state index is 0.737. The van der Waals surface area contributed by atoms with Crippen LogP contribution in [0.1, 0.15) is 17.3 Å². The molecule has 0 N–H and O–H groups in total. The first-order chi connectivity index (χ1) is 12.2. The number of benzene rings is 1. The Balaban J connectivity index is 1.52. The third-order valence-corrected chi connectivity index (χ3v) is 5.53. The van der Waals surface area contributed by atoms with Gasteiger partial charge in [0, 0.05) is 16.8 Å². The summed E-state index contributed by atoms with van der Waals surface area (Å²) in [5, 5.41) is 12.4. The molecule has 1 aromatic carbocycles. The average molecular weight is 368 g/mol. The van der Waals surface area contributed by atoms with Crippen LogP contribution in [0, 0.1) is 13.8 Å². The maximum Gasteiger partial charge on any atom is 0.196 e. The smallest absolute Gasteiger partial charge is 0.196 e. The molecule has 0 unspecified atom stereocenters. The summed E-state index contributed by atoms with van der Waals surface area (Å²) < 4.78 is 7.70. The first-order valence-electron chi connectivity index (χ1n) is 7.82. The Labute approximate surface area is 153 Å². The topological polar surface area (TPSA) is 56.7 Å². The third kappa shape index (κ3) is 3.38. The van der Waals surface area contributed by atoms with Crippen molar-refractivity contribution in [3.63, 3.8) is 0 Å². The molecule has 4 aromatic rings. The highest BCUT2D eigenvalue weighted by Gasteiger charge is 2.13. The largest absolute Gasteiger partial charge is 0.459 e. The van der Waals surface area contributed by atoms with Gasteiger partial charge in [-0.2, -0.15) is 0 Å². The predicted molar refractivity (Wildman–Crippen MR) is 100 cm³/mol. The van der Waals surface area contributed by atoms with Gasteiger partial charge >= 0.3 is 0 Å². The number of aryl methyl sites for hydroxylation is 2. The molecule has 126 valence electrons. The second-order valence-corrected chi connectivity index (χ2v) is 7.34. The van der Waals surface area contributed by atoms with Gasteiger partial charge in [-0.3, -0.25) is 4.57 Å². The molecule has 0 saturated heterocycles. The van der Waals surface area contributed by atoms with Gasteiger partial charge in [0.25, 0.3) is 0 Å². The first-order valence-corrected chi connectivity index (χ1v) is 9.68. The van der Waals surface area contributed by atoms with E-state index >= 15 is 0 Å². The van der Waals surface area contributed by atoms with Crippen LogP contribution in [0.3, 0.4) is 0 Å². The fraction of sp³-hybridized carbons (Fsp3) is 0.167. The minimum absolute atomic E-state index is 0.737. The number of thiazole rings is 1. The van der Waals surface area contributed by atoms with Crippen molar-refractivity contribution in [2.45, 2.75) is 24.8 Å². The summed E-state index contributed by atoms with van der Waals surface area (Å²) in [6.45, 7) is 3.90. The van der Waals surface area contributed by atoms with Gasteiger partial charge in [-0.1, -0.05) is 30.0 Å². The highest BCUT2D eigenvalue weighted by atomic mass is 32.2. The molecule has 0 amide bonds. The first kappa shape index (κ1) is 16.1. The average Bonchev–Trinajstić information content (AvgIpc) is 3.34. The SMILES string of the molecule is Cc1ccc(-c2nc(CSc3nnc(C)n3-c3ccccc3)cs2)o1. The maximum absolute atomic E-state index is 5.64. The summed E-state index contributed by atoms with van der Waals surface area (Å²) >= 11 is 3.23. The number of furan rings is 1. The van der Waals surface area contributed by atoms with Crippen molar-refractivity contribution >= 4 is 23.1 Å². The number of para-hydroxylation sites is 1. The minimum Gasteiger partial charge on any atom is -0.459 e. The Kier molecular flexibility index (Phi) is 4.42. The summed E-state index contributed by atoms with van der Waals surface area (Å²) in [4.78, 5) is 4.66. The second-order valence-electron chi connectivity index (χ2n) is 5.54. The Bertz CT molecular complexity index is 988. The van der Waals surface area contributed by atoms with Gasteiger partial charge in [0.15, 0.2) is 15.9 Å². The van der Waals surface area contributed by atoms with E-state index in [4.69, 9.17) is 4.42 Å². The molecule has 7 heteroatoms. The van der Waals surface area contributed by atoms with E-state index in [0.717, 1.165) is 44.6 Å². The summed E-state index contributed by atoms with van der Waals surface area (Å²) in [5.74, 6) is 3.33. The molecular formula is C18H16N4OS2. The zero-order chi connectivity index (χ0) is 17.2. The molecule has 0 aliphatic heterocycles. The van der Waals surface area contributed by atoms with Crippen LogP contribution < -0.4 is 0 Å². The lowest BCUT2D eigenvalue weighted by molar-refractivity contribution is 0.548. The Hall–Kier alpha value is -2.38. The van der Waals surface area contributed by atoms with Crippen LogP contribution >= 0.6 is 23.1 Å². The quantitative estimate of drug-likeness (QED) is 0.469. The van der Waals surface area contributed by atoms with Crippen LogP contribution in [-0.4, -0.2) is 19.7 Å². The van der Waals surface area contributed by atoms with Crippen LogP contribution in [0.2, 0.25) is 0 Å². The maximum atomic E-state index is 5.64. The van der Waals surface area contributed by atoms with Gasteiger partial charge in [0.2, 0.25) is 0 Å². The van der Waals surface area contributed by atoms with E-state index in [9.17, 15) is 0 Å². The Morgan fingerprint density at radius 2 is 1.92 bits per heavy atom. The molecule has 0 spiro atoms. The van der Waals surface area contributed by atoms with E-state index < -0.39 is 0 Å². The monoisotopic (exact) mass is 368 g/mol. The van der Waals surface area contributed by atoms with Gasteiger partial charge in [-0.05, 0) is 38.1 Å². The van der Waals surface area contributed by atoms with Gasteiger partial charge in [0.1, 0.15) is 11.6 Å². The van der Waals surface area contributed by atoms with E-state index in [1.807, 2.05) is 44.2 Å². The molecule has 0 aliphatic carbocycles. The number of nitrogens with zero attached hydrogens (tertiary/aromatic N) is 4. The van der Waals surface area contributed by atoms with Gasteiger partial charge in [0.05, 0.1) is 5.69 Å². The van der Waals surface area contributed by atoms with Crippen LogP contribution in [0.5, 0.6) is 0 Å². The lowest BCUT2D eigenvalue weighted by Crippen LogP contribution is -1.98. The fourth-order valence-electron chi connectivity index (χ4n) is 2.49. The van der Waals surface area contributed by atoms with Gasteiger partial charge < -0.3 is 4.42 Å². The van der Waals surface area contributed by atoms with Crippen molar-refractivity contribution in [3.05, 3.63) is 65.1 Å². The number of thioether (sulfide) groups is 1. The second kappa shape index (κ2) is 6.85. The van der Waals surface area contributed by atoms with E-state index in [1.54, 1.807) is 23.1 Å². The number of aromatic nitrogens is 4. The number of hydrogen-bond donors (Lipinski definition) is 0. The number of rotatable bonds is 5. The lowest BCUT2D eigenvalue weighted by Gasteiger charge is -2.07. The lowest BCUT2D eigenvalue weighted by atomic mass is 10.3. The van der Waals surface area contributed by atoms with Crippen molar-refractivity contribution in [1.82, 2.24) is 19.7 Å². The summed E-state index contributed by atoms with van der Waals surface area (Å²) in [6, 6.07) is 14.1. The molecule has 0 aliphatic rings. The molecular weight excluding hydrogens is 352 g/mol. The molecule has 5 nitrogen and oxygen atoms in total. The molecule has 0 radical (unpaired) electrons. The van der Waals surface area contributed by atoms with Crippen molar-refractivity contribution in [2.75, 3.05) is 0 Å². The molecule has 0 atom stereocenters.